The topological polar surface area (TPSA) is 50.7 Å². The molecule has 1 aromatic carbocycles. The first-order valence-corrected chi connectivity index (χ1v) is 5.62. The van der Waals surface area contributed by atoms with Crippen molar-refractivity contribution in [3.05, 3.63) is 34.3 Å². The quantitative estimate of drug-likeness (QED) is 0.800. The molecular weight excluding hydrogens is 222 g/mol. The van der Waals surface area contributed by atoms with E-state index in [9.17, 15) is 0 Å². The van der Waals surface area contributed by atoms with Gasteiger partial charge in [-0.3, -0.25) is 0 Å². The van der Waals surface area contributed by atoms with Gasteiger partial charge in [0.1, 0.15) is 5.84 Å². The minimum atomic E-state index is 0.303. The Morgan fingerprint density at radius 2 is 2.12 bits per heavy atom. The van der Waals surface area contributed by atoms with Gasteiger partial charge in [-0.05, 0) is 24.6 Å². The Labute approximate surface area is 100 Å². The van der Waals surface area contributed by atoms with E-state index in [0.29, 0.717) is 11.8 Å². The van der Waals surface area contributed by atoms with Crippen LogP contribution in [0, 0.1) is 12.8 Å². The molecule has 84 valence electrons. The molecule has 0 fully saturated rings. The van der Waals surface area contributed by atoms with Crippen LogP contribution in [0.1, 0.15) is 24.5 Å². The average Bonchev–Trinajstić information content (AvgIpc) is 2.19. The number of rotatable bonds is 1. The van der Waals surface area contributed by atoms with Gasteiger partial charge < -0.3 is 5.73 Å². The van der Waals surface area contributed by atoms with Crippen molar-refractivity contribution in [2.75, 3.05) is 0 Å². The van der Waals surface area contributed by atoms with E-state index in [4.69, 9.17) is 17.3 Å². The van der Waals surface area contributed by atoms with Crippen LogP contribution in [-0.4, -0.2) is 11.5 Å². The van der Waals surface area contributed by atoms with Crippen molar-refractivity contribution < 1.29 is 0 Å². The van der Waals surface area contributed by atoms with Crippen LogP contribution < -0.4 is 5.73 Å². The van der Waals surface area contributed by atoms with Gasteiger partial charge in [-0.25, -0.2) is 0 Å². The number of hydrogen-bond donors (Lipinski definition) is 1. The molecule has 1 heterocycles. The summed E-state index contributed by atoms with van der Waals surface area (Å²) in [5, 5.41) is 8.88. The Morgan fingerprint density at radius 3 is 2.75 bits per heavy atom. The molecule has 0 aliphatic carbocycles. The van der Waals surface area contributed by atoms with Crippen LogP contribution in [0.25, 0.3) is 0 Å². The fourth-order valence-electron chi connectivity index (χ4n) is 1.90. The first kappa shape index (κ1) is 11.1. The SMILES string of the molecule is Cc1cc(Cl)ccc1C1=NN=C(N)CC1C. The monoisotopic (exact) mass is 235 g/mol. The van der Waals surface area contributed by atoms with Crippen molar-refractivity contribution in [1.82, 2.24) is 0 Å². The van der Waals surface area contributed by atoms with E-state index in [1.54, 1.807) is 0 Å². The third kappa shape index (κ3) is 2.09. The largest absolute Gasteiger partial charge is 0.386 e. The van der Waals surface area contributed by atoms with Crippen LogP contribution in [0.3, 0.4) is 0 Å². The summed E-state index contributed by atoms with van der Waals surface area (Å²) in [6.07, 6.45) is 0.765. The van der Waals surface area contributed by atoms with Crippen LogP contribution >= 0.6 is 11.6 Å². The molecule has 0 bridgehead atoms. The molecule has 1 aliphatic heterocycles. The van der Waals surface area contributed by atoms with Gasteiger partial charge in [0.05, 0.1) is 5.71 Å². The summed E-state index contributed by atoms with van der Waals surface area (Å²) < 4.78 is 0. The maximum atomic E-state index is 5.93. The molecule has 0 amide bonds. The van der Waals surface area contributed by atoms with Crippen molar-refractivity contribution in [2.24, 2.45) is 21.9 Å². The highest BCUT2D eigenvalue weighted by Gasteiger charge is 2.19. The molecule has 3 nitrogen and oxygen atoms in total. The predicted octanol–water partition coefficient (Wildman–Crippen LogP) is 2.75. The number of aryl methyl sites for hydroxylation is 1. The smallest absolute Gasteiger partial charge is 0.123 e. The van der Waals surface area contributed by atoms with Crippen molar-refractivity contribution in [3.8, 4) is 0 Å². The third-order valence-corrected chi connectivity index (χ3v) is 2.97. The molecule has 0 saturated heterocycles. The van der Waals surface area contributed by atoms with E-state index < -0.39 is 0 Å². The molecule has 16 heavy (non-hydrogen) atoms. The summed E-state index contributed by atoms with van der Waals surface area (Å²) in [6, 6.07) is 5.80. The Hall–Kier alpha value is -1.35. The van der Waals surface area contributed by atoms with E-state index in [1.807, 2.05) is 25.1 Å². The van der Waals surface area contributed by atoms with Gasteiger partial charge in [0.15, 0.2) is 0 Å². The van der Waals surface area contributed by atoms with Crippen LogP contribution in [0.4, 0.5) is 0 Å². The molecule has 1 aromatic rings. The Balaban J connectivity index is 2.44. The van der Waals surface area contributed by atoms with Gasteiger partial charge in [-0.1, -0.05) is 24.6 Å². The van der Waals surface area contributed by atoms with Crippen molar-refractivity contribution >= 4 is 23.1 Å². The van der Waals surface area contributed by atoms with Gasteiger partial charge >= 0.3 is 0 Å². The van der Waals surface area contributed by atoms with Crippen molar-refractivity contribution in [3.63, 3.8) is 0 Å². The van der Waals surface area contributed by atoms with Gasteiger partial charge in [-0.2, -0.15) is 5.10 Å². The number of hydrogen-bond acceptors (Lipinski definition) is 3. The Bertz CT molecular complexity index is 477. The lowest BCUT2D eigenvalue weighted by molar-refractivity contribution is 0.783. The number of amidine groups is 1. The molecule has 4 heteroatoms. The molecule has 0 spiro atoms. The summed E-state index contributed by atoms with van der Waals surface area (Å²) >= 11 is 5.93. The normalized spacial score (nSPS) is 20.3. The minimum absolute atomic E-state index is 0.303. The molecule has 0 aromatic heterocycles. The molecule has 1 aliphatic rings. The number of benzene rings is 1. The lowest BCUT2D eigenvalue weighted by Gasteiger charge is -2.18. The van der Waals surface area contributed by atoms with Crippen LogP contribution in [-0.2, 0) is 0 Å². The highest BCUT2D eigenvalue weighted by atomic mass is 35.5. The summed E-state index contributed by atoms with van der Waals surface area (Å²) in [5.41, 5.74) is 8.86. The first-order valence-electron chi connectivity index (χ1n) is 5.24. The second-order valence-corrected chi connectivity index (χ2v) is 4.58. The zero-order valence-corrected chi connectivity index (χ0v) is 10.1. The molecule has 2 rings (SSSR count). The van der Waals surface area contributed by atoms with Gasteiger partial charge in [0.25, 0.3) is 0 Å². The van der Waals surface area contributed by atoms with E-state index in [0.717, 1.165) is 28.3 Å². The first-order chi connectivity index (χ1) is 7.58. The summed E-state index contributed by atoms with van der Waals surface area (Å²) in [6.45, 7) is 4.13. The third-order valence-electron chi connectivity index (χ3n) is 2.73. The summed E-state index contributed by atoms with van der Waals surface area (Å²) in [5.74, 6) is 0.903. The number of halogens is 1. The molecule has 0 saturated carbocycles. The summed E-state index contributed by atoms with van der Waals surface area (Å²) in [7, 11) is 0. The maximum Gasteiger partial charge on any atom is 0.123 e. The van der Waals surface area contributed by atoms with Crippen LogP contribution in [0.5, 0.6) is 0 Å². The minimum Gasteiger partial charge on any atom is -0.386 e. The zero-order valence-electron chi connectivity index (χ0n) is 9.37. The highest BCUT2D eigenvalue weighted by Crippen LogP contribution is 2.22. The van der Waals surface area contributed by atoms with Crippen molar-refractivity contribution in [2.45, 2.75) is 20.3 Å². The number of nitrogens with zero attached hydrogens (tertiary/aromatic N) is 2. The average molecular weight is 236 g/mol. The lowest BCUT2D eigenvalue weighted by Crippen LogP contribution is -2.25. The predicted molar refractivity (Wildman–Crippen MR) is 68.1 cm³/mol. The van der Waals surface area contributed by atoms with Gasteiger partial charge in [0, 0.05) is 22.9 Å². The molecule has 1 unspecified atom stereocenters. The number of nitrogens with two attached hydrogens (primary N) is 1. The van der Waals surface area contributed by atoms with Gasteiger partial charge in [0.2, 0.25) is 0 Å². The van der Waals surface area contributed by atoms with Crippen LogP contribution in [0.15, 0.2) is 28.4 Å². The fraction of sp³-hybridized carbons (Fsp3) is 0.333. The molecule has 0 radical (unpaired) electrons. The molecule has 1 atom stereocenters. The van der Waals surface area contributed by atoms with Crippen molar-refractivity contribution in [1.29, 1.82) is 0 Å². The summed E-state index contributed by atoms with van der Waals surface area (Å²) in [4.78, 5) is 0. The maximum absolute atomic E-state index is 5.93. The second-order valence-electron chi connectivity index (χ2n) is 4.14. The van der Waals surface area contributed by atoms with Gasteiger partial charge in [-0.15, -0.1) is 5.10 Å². The highest BCUT2D eigenvalue weighted by molar-refractivity contribution is 6.30. The molecule has 2 N–H and O–H groups in total. The van der Waals surface area contributed by atoms with E-state index in [-0.39, 0.29) is 0 Å². The Morgan fingerprint density at radius 1 is 1.38 bits per heavy atom. The lowest BCUT2D eigenvalue weighted by atomic mass is 9.92. The standard InChI is InChI=1S/C12H14ClN3/c1-7-5-9(13)3-4-10(7)12-8(2)6-11(14)15-16-12/h3-5,8H,6H2,1-2H3,(H2,14,15). The zero-order chi connectivity index (χ0) is 11.7. The van der Waals surface area contributed by atoms with E-state index in [2.05, 4.69) is 17.1 Å². The van der Waals surface area contributed by atoms with E-state index in [1.165, 1.54) is 0 Å². The molecular formula is C12H14ClN3. The van der Waals surface area contributed by atoms with E-state index >= 15 is 0 Å². The van der Waals surface area contributed by atoms with Crippen LogP contribution in [0.2, 0.25) is 5.02 Å². The Kier molecular flexibility index (Phi) is 2.97. The second kappa shape index (κ2) is 4.26. The fourth-order valence-corrected chi connectivity index (χ4v) is 2.13.